The van der Waals surface area contributed by atoms with E-state index in [-0.39, 0.29) is 11.1 Å². The van der Waals surface area contributed by atoms with Gasteiger partial charge in [-0.1, -0.05) is 42.5 Å². The summed E-state index contributed by atoms with van der Waals surface area (Å²) in [5.74, 6) is -10.3. The number of rotatable bonds is 3. The molecular weight excluding hydrogens is 286 g/mol. The van der Waals surface area contributed by atoms with Crippen LogP contribution in [0.1, 0.15) is 11.5 Å². The average molecular weight is 295 g/mol. The maximum absolute atomic E-state index is 14.2. The normalized spacial score (nSPS) is 12.8. The van der Waals surface area contributed by atoms with Crippen molar-refractivity contribution in [3.8, 4) is 0 Å². The molecule has 0 aliphatic carbocycles. The lowest BCUT2D eigenvalue weighted by Crippen LogP contribution is -2.35. The van der Waals surface area contributed by atoms with Gasteiger partial charge in [-0.15, -0.1) is 0 Å². The van der Waals surface area contributed by atoms with Crippen molar-refractivity contribution < 1.29 is 22.0 Å². The zero-order chi connectivity index (χ0) is 15.1. The van der Waals surface area contributed by atoms with E-state index in [1.54, 1.807) is 12.1 Å². The molecule has 3 rings (SSSR count). The van der Waals surface area contributed by atoms with Gasteiger partial charge in [0.1, 0.15) is 5.52 Å². The van der Waals surface area contributed by atoms with E-state index in [2.05, 4.69) is 4.98 Å². The SMILES string of the molecule is FC(F)(c1ccccc1)C(F)(F)c1nc2ccccc2o1. The minimum Gasteiger partial charge on any atom is -0.435 e. The van der Waals surface area contributed by atoms with Crippen molar-refractivity contribution in [2.24, 2.45) is 0 Å². The number of halogens is 4. The van der Waals surface area contributed by atoms with E-state index in [0.717, 1.165) is 12.1 Å². The van der Waals surface area contributed by atoms with Gasteiger partial charge in [0.25, 0.3) is 5.89 Å². The van der Waals surface area contributed by atoms with Crippen LogP contribution in [0.2, 0.25) is 0 Å². The predicted octanol–water partition coefficient (Wildman–Crippen LogP) is 4.71. The first-order valence-electron chi connectivity index (χ1n) is 6.10. The zero-order valence-corrected chi connectivity index (χ0v) is 10.6. The Morgan fingerprint density at radius 3 is 2.05 bits per heavy atom. The third-order valence-corrected chi connectivity index (χ3v) is 3.09. The summed E-state index contributed by atoms with van der Waals surface area (Å²) < 4.78 is 61.3. The van der Waals surface area contributed by atoms with Gasteiger partial charge in [0, 0.05) is 5.56 Å². The van der Waals surface area contributed by atoms with Crippen LogP contribution in [0.4, 0.5) is 17.6 Å². The van der Waals surface area contributed by atoms with Gasteiger partial charge < -0.3 is 4.42 Å². The molecule has 0 aliphatic heterocycles. The van der Waals surface area contributed by atoms with Crippen LogP contribution in [0.5, 0.6) is 0 Å². The molecule has 3 aromatic rings. The van der Waals surface area contributed by atoms with Gasteiger partial charge in [0.05, 0.1) is 0 Å². The summed E-state index contributed by atoms with van der Waals surface area (Å²) in [6, 6.07) is 11.8. The van der Waals surface area contributed by atoms with E-state index < -0.39 is 23.3 Å². The topological polar surface area (TPSA) is 26.0 Å². The average Bonchev–Trinajstić information content (AvgIpc) is 2.92. The molecule has 0 amide bonds. The van der Waals surface area contributed by atoms with E-state index in [9.17, 15) is 17.6 Å². The summed E-state index contributed by atoms with van der Waals surface area (Å²) in [5, 5.41) is 0. The van der Waals surface area contributed by atoms with Crippen LogP contribution in [-0.2, 0) is 11.8 Å². The highest BCUT2D eigenvalue weighted by molar-refractivity contribution is 5.72. The van der Waals surface area contributed by atoms with E-state index >= 15 is 0 Å². The summed E-state index contributed by atoms with van der Waals surface area (Å²) in [6.45, 7) is 0. The molecule has 0 bridgehead atoms. The van der Waals surface area contributed by atoms with Gasteiger partial charge in [0.2, 0.25) is 0 Å². The Labute approximate surface area is 117 Å². The number of nitrogens with zero attached hydrogens (tertiary/aromatic N) is 1. The van der Waals surface area contributed by atoms with E-state index in [1.165, 1.54) is 30.3 Å². The monoisotopic (exact) mass is 295 g/mol. The molecule has 0 saturated carbocycles. The highest BCUT2D eigenvalue weighted by Gasteiger charge is 2.62. The maximum atomic E-state index is 14.2. The van der Waals surface area contributed by atoms with Crippen LogP contribution in [0, 0.1) is 0 Å². The molecule has 2 aromatic carbocycles. The fraction of sp³-hybridized carbons (Fsp3) is 0.133. The largest absolute Gasteiger partial charge is 0.435 e. The number of aromatic nitrogens is 1. The van der Waals surface area contributed by atoms with Crippen LogP contribution in [0.25, 0.3) is 11.1 Å². The first kappa shape index (κ1) is 13.6. The number of para-hydroxylation sites is 2. The number of fused-ring (bicyclic) bond motifs is 1. The molecule has 108 valence electrons. The number of hydrogen-bond acceptors (Lipinski definition) is 2. The second-order valence-corrected chi connectivity index (χ2v) is 4.50. The van der Waals surface area contributed by atoms with Crippen LogP contribution in [0.15, 0.2) is 59.0 Å². The number of alkyl halides is 4. The Balaban J connectivity index is 2.10. The van der Waals surface area contributed by atoms with Crippen LogP contribution in [-0.4, -0.2) is 4.98 Å². The molecule has 0 fully saturated rings. The molecule has 0 radical (unpaired) electrons. The van der Waals surface area contributed by atoms with Crippen LogP contribution < -0.4 is 0 Å². The first-order valence-corrected chi connectivity index (χ1v) is 6.10. The molecule has 21 heavy (non-hydrogen) atoms. The summed E-state index contributed by atoms with van der Waals surface area (Å²) in [6.07, 6.45) is 0. The zero-order valence-electron chi connectivity index (χ0n) is 10.6. The van der Waals surface area contributed by atoms with Crippen LogP contribution >= 0.6 is 0 Å². The lowest BCUT2D eigenvalue weighted by atomic mass is 10.0. The fourth-order valence-corrected chi connectivity index (χ4v) is 1.97. The molecular formula is C15H9F4NO. The standard InChI is InChI=1S/C15H9F4NO/c16-14(17,10-6-2-1-3-7-10)15(18,19)13-20-11-8-4-5-9-12(11)21-13/h1-9H. The maximum Gasteiger partial charge on any atom is 0.388 e. The Kier molecular flexibility index (Phi) is 2.97. The Hall–Kier alpha value is -2.37. The quantitative estimate of drug-likeness (QED) is 0.654. The van der Waals surface area contributed by atoms with Gasteiger partial charge in [-0.3, -0.25) is 0 Å². The fourth-order valence-electron chi connectivity index (χ4n) is 1.97. The number of benzene rings is 2. The minimum atomic E-state index is -4.55. The molecule has 2 nitrogen and oxygen atoms in total. The van der Waals surface area contributed by atoms with E-state index in [0.29, 0.717) is 0 Å². The van der Waals surface area contributed by atoms with Gasteiger partial charge in [-0.05, 0) is 12.1 Å². The molecule has 0 saturated heterocycles. The van der Waals surface area contributed by atoms with Crippen molar-refractivity contribution in [3.05, 3.63) is 66.1 Å². The van der Waals surface area contributed by atoms with Crippen molar-refractivity contribution in [1.82, 2.24) is 4.98 Å². The summed E-state index contributed by atoms with van der Waals surface area (Å²) in [4.78, 5) is 3.48. The smallest absolute Gasteiger partial charge is 0.388 e. The van der Waals surface area contributed by atoms with Gasteiger partial charge in [0.15, 0.2) is 5.58 Å². The van der Waals surface area contributed by atoms with Crippen molar-refractivity contribution in [1.29, 1.82) is 0 Å². The number of hydrogen-bond donors (Lipinski definition) is 0. The van der Waals surface area contributed by atoms with Crippen molar-refractivity contribution in [3.63, 3.8) is 0 Å². The molecule has 0 N–H and O–H groups in total. The van der Waals surface area contributed by atoms with Gasteiger partial charge in [-0.25, -0.2) is 4.98 Å². The highest BCUT2D eigenvalue weighted by Crippen LogP contribution is 2.49. The first-order chi connectivity index (χ1) is 9.93. The number of oxazole rings is 1. The molecule has 0 aliphatic rings. The summed E-state index contributed by atoms with van der Waals surface area (Å²) in [5.41, 5.74) is -0.649. The van der Waals surface area contributed by atoms with Gasteiger partial charge in [-0.2, -0.15) is 17.6 Å². The van der Waals surface area contributed by atoms with Gasteiger partial charge >= 0.3 is 11.8 Å². The molecule has 0 atom stereocenters. The summed E-state index contributed by atoms with van der Waals surface area (Å²) in [7, 11) is 0. The second-order valence-electron chi connectivity index (χ2n) is 4.50. The predicted molar refractivity (Wildman–Crippen MR) is 68.2 cm³/mol. The third-order valence-electron chi connectivity index (χ3n) is 3.09. The van der Waals surface area contributed by atoms with E-state index in [4.69, 9.17) is 4.42 Å². The molecule has 0 spiro atoms. The lowest BCUT2D eigenvalue weighted by molar-refractivity contribution is -0.234. The second kappa shape index (κ2) is 4.58. The highest BCUT2D eigenvalue weighted by atomic mass is 19.3. The van der Waals surface area contributed by atoms with Crippen molar-refractivity contribution in [2.45, 2.75) is 11.8 Å². The Morgan fingerprint density at radius 1 is 0.762 bits per heavy atom. The van der Waals surface area contributed by atoms with E-state index in [1.807, 2.05) is 0 Å². The lowest BCUT2D eigenvalue weighted by Gasteiger charge is -2.24. The summed E-state index contributed by atoms with van der Waals surface area (Å²) >= 11 is 0. The molecule has 0 unspecified atom stereocenters. The molecule has 6 heteroatoms. The van der Waals surface area contributed by atoms with Crippen molar-refractivity contribution in [2.75, 3.05) is 0 Å². The molecule has 1 heterocycles. The Morgan fingerprint density at radius 2 is 1.38 bits per heavy atom. The van der Waals surface area contributed by atoms with Crippen LogP contribution in [0.3, 0.4) is 0 Å². The third kappa shape index (κ3) is 2.07. The Bertz CT molecular complexity index is 734. The van der Waals surface area contributed by atoms with Crippen molar-refractivity contribution >= 4 is 11.1 Å². The minimum absolute atomic E-state index is 0.0380. The molecule has 1 aromatic heterocycles.